The molecule has 2 unspecified atom stereocenters. The van der Waals surface area contributed by atoms with E-state index in [0.29, 0.717) is 0 Å². The van der Waals surface area contributed by atoms with Crippen molar-refractivity contribution in [1.29, 1.82) is 0 Å². The zero-order valence-electron chi connectivity index (χ0n) is 7.55. The van der Waals surface area contributed by atoms with Crippen LogP contribution >= 0.6 is 12.4 Å². The number of halogens is 1. The zero-order chi connectivity index (χ0) is 8.97. The van der Waals surface area contributed by atoms with Gasteiger partial charge in [0.25, 0.3) is 0 Å². The van der Waals surface area contributed by atoms with Gasteiger partial charge in [0.1, 0.15) is 0 Å². The van der Waals surface area contributed by atoms with Crippen LogP contribution in [0.15, 0.2) is 24.4 Å². The van der Waals surface area contributed by atoms with Gasteiger partial charge in [0.05, 0.1) is 6.61 Å². The number of rotatable bonds is 3. The van der Waals surface area contributed by atoms with Crippen LogP contribution in [0.3, 0.4) is 0 Å². The SMILES string of the molecule is CC(c1ccccn1)C(N)CO.Cl. The summed E-state index contributed by atoms with van der Waals surface area (Å²) in [4.78, 5) is 4.16. The Morgan fingerprint density at radius 2 is 2.23 bits per heavy atom. The maximum atomic E-state index is 8.81. The van der Waals surface area contributed by atoms with Crippen LogP contribution in [0.5, 0.6) is 0 Å². The minimum atomic E-state index is -0.222. The number of aromatic nitrogens is 1. The molecule has 0 spiro atoms. The lowest BCUT2D eigenvalue weighted by Crippen LogP contribution is -2.30. The number of hydrogen-bond acceptors (Lipinski definition) is 3. The average Bonchev–Trinajstić information content (AvgIpc) is 2.17. The largest absolute Gasteiger partial charge is 0.395 e. The van der Waals surface area contributed by atoms with E-state index in [1.165, 1.54) is 0 Å². The van der Waals surface area contributed by atoms with E-state index in [1.807, 2.05) is 25.1 Å². The fourth-order valence-corrected chi connectivity index (χ4v) is 1.02. The first kappa shape index (κ1) is 12.4. The number of nitrogens with zero attached hydrogens (tertiary/aromatic N) is 1. The van der Waals surface area contributed by atoms with Crippen molar-refractivity contribution in [2.45, 2.75) is 18.9 Å². The topological polar surface area (TPSA) is 59.1 Å². The molecule has 1 heterocycles. The van der Waals surface area contributed by atoms with Crippen LogP contribution in [-0.4, -0.2) is 22.7 Å². The van der Waals surface area contributed by atoms with Gasteiger partial charge in [0.2, 0.25) is 0 Å². The molecule has 3 nitrogen and oxygen atoms in total. The minimum absolute atomic E-state index is 0. The summed E-state index contributed by atoms with van der Waals surface area (Å²) in [6, 6.07) is 5.48. The summed E-state index contributed by atoms with van der Waals surface area (Å²) in [5, 5.41) is 8.81. The van der Waals surface area contributed by atoms with E-state index in [9.17, 15) is 0 Å². The minimum Gasteiger partial charge on any atom is -0.395 e. The molecule has 13 heavy (non-hydrogen) atoms. The lowest BCUT2D eigenvalue weighted by molar-refractivity contribution is 0.251. The molecule has 0 saturated carbocycles. The van der Waals surface area contributed by atoms with Crippen molar-refractivity contribution >= 4 is 12.4 Å². The molecular formula is C9H15ClN2O. The molecule has 0 aliphatic heterocycles. The Morgan fingerprint density at radius 1 is 1.54 bits per heavy atom. The van der Waals surface area contributed by atoms with E-state index in [0.717, 1.165) is 5.69 Å². The summed E-state index contributed by atoms with van der Waals surface area (Å²) < 4.78 is 0. The van der Waals surface area contributed by atoms with E-state index >= 15 is 0 Å². The van der Waals surface area contributed by atoms with Crippen LogP contribution in [0.4, 0.5) is 0 Å². The monoisotopic (exact) mass is 202 g/mol. The third-order valence-corrected chi connectivity index (χ3v) is 2.01. The lowest BCUT2D eigenvalue weighted by Gasteiger charge is -2.16. The first-order valence-corrected chi connectivity index (χ1v) is 4.03. The molecule has 1 aromatic rings. The highest BCUT2D eigenvalue weighted by molar-refractivity contribution is 5.85. The van der Waals surface area contributed by atoms with Gasteiger partial charge in [-0.3, -0.25) is 4.98 Å². The van der Waals surface area contributed by atoms with Crippen molar-refractivity contribution in [3.05, 3.63) is 30.1 Å². The molecule has 0 radical (unpaired) electrons. The maximum absolute atomic E-state index is 8.81. The molecule has 2 atom stereocenters. The fraction of sp³-hybridized carbons (Fsp3) is 0.444. The Bertz CT molecular complexity index is 230. The van der Waals surface area contributed by atoms with Crippen molar-refractivity contribution in [3.8, 4) is 0 Å². The molecule has 4 heteroatoms. The highest BCUT2D eigenvalue weighted by Gasteiger charge is 2.13. The van der Waals surface area contributed by atoms with Gasteiger partial charge in [-0.15, -0.1) is 12.4 Å². The Hall–Kier alpha value is -0.640. The molecule has 0 amide bonds. The molecule has 3 N–H and O–H groups in total. The van der Waals surface area contributed by atoms with E-state index in [2.05, 4.69) is 4.98 Å². The predicted molar refractivity (Wildman–Crippen MR) is 55.0 cm³/mol. The Morgan fingerprint density at radius 3 is 2.69 bits per heavy atom. The van der Waals surface area contributed by atoms with E-state index in [4.69, 9.17) is 10.8 Å². The smallest absolute Gasteiger partial charge is 0.0589 e. The molecule has 1 rings (SSSR count). The second-order valence-electron chi connectivity index (χ2n) is 2.89. The van der Waals surface area contributed by atoms with Crippen molar-refractivity contribution < 1.29 is 5.11 Å². The molecule has 1 aromatic heterocycles. The third kappa shape index (κ3) is 3.30. The number of nitrogens with two attached hydrogens (primary N) is 1. The molecule has 74 valence electrons. The first-order chi connectivity index (χ1) is 5.75. The van der Waals surface area contributed by atoms with Crippen LogP contribution in [-0.2, 0) is 0 Å². The standard InChI is InChI=1S/C9H14N2O.ClH/c1-7(8(10)6-12)9-4-2-3-5-11-9;/h2-5,7-8,12H,6,10H2,1H3;1H. The van der Waals surface area contributed by atoms with Gasteiger partial charge in [-0.25, -0.2) is 0 Å². The second kappa shape index (κ2) is 5.91. The Kier molecular flexibility index (Phi) is 5.62. The van der Waals surface area contributed by atoms with Gasteiger partial charge in [-0.2, -0.15) is 0 Å². The Balaban J connectivity index is 0.00000144. The Labute approximate surface area is 84.4 Å². The summed E-state index contributed by atoms with van der Waals surface area (Å²) in [6.45, 7) is 1.96. The fourth-order valence-electron chi connectivity index (χ4n) is 1.02. The van der Waals surface area contributed by atoms with E-state index < -0.39 is 0 Å². The summed E-state index contributed by atoms with van der Waals surface area (Å²) >= 11 is 0. The van der Waals surface area contributed by atoms with Crippen molar-refractivity contribution in [2.24, 2.45) is 5.73 Å². The van der Waals surface area contributed by atoms with Gasteiger partial charge < -0.3 is 10.8 Å². The van der Waals surface area contributed by atoms with Gasteiger partial charge >= 0.3 is 0 Å². The highest BCUT2D eigenvalue weighted by Crippen LogP contribution is 2.14. The van der Waals surface area contributed by atoms with Gasteiger partial charge in [-0.1, -0.05) is 13.0 Å². The molecule has 0 aliphatic carbocycles. The number of aliphatic hydroxyl groups is 1. The van der Waals surface area contributed by atoms with Crippen LogP contribution in [0, 0.1) is 0 Å². The van der Waals surface area contributed by atoms with E-state index in [-0.39, 0.29) is 31.0 Å². The molecule has 0 saturated heterocycles. The van der Waals surface area contributed by atoms with Gasteiger partial charge in [0.15, 0.2) is 0 Å². The van der Waals surface area contributed by atoms with Crippen LogP contribution in [0.25, 0.3) is 0 Å². The molecule has 0 aromatic carbocycles. The van der Waals surface area contributed by atoms with Crippen LogP contribution in [0.2, 0.25) is 0 Å². The normalized spacial score (nSPS) is 14.4. The van der Waals surface area contributed by atoms with Gasteiger partial charge in [-0.05, 0) is 12.1 Å². The zero-order valence-corrected chi connectivity index (χ0v) is 8.37. The predicted octanol–water partition coefficient (Wildman–Crippen LogP) is 0.926. The van der Waals surface area contributed by atoms with E-state index in [1.54, 1.807) is 6.20 Å². The van der Waals surface area contributed by atoms with Crippen molar-refractivity contribution in [1.82, 2.24) is 4.98 Å². The quantitative estimate of drug-likeness (QED) is 0.767. The first-order valence-electron chi connectivity index (χ1n) is 4.03. The number of hydrogen-bond donors (Lipinski definition) is 2. The summed E-state index contributed by atoms with van der Waals surface area (Å²) in [6.07, 6.45) is 1.73. The average molecular weight is 203 g/mol. The molecule has 0 fully saturated rings. The van der Waals surface area contributed by atoms with Crippen LogP contribution in [0.1, 0.15) is 18.5 Å². The maximum Gasteiger partial charge on any atom is 0.0589 e. The number of pyridine rings is 1. The van der Waals surface area contributed by atoms with Crippen LogP contribution < -0.4 is 5.73 Å². The summed E-state index contributed by atoms with van der Waals surface area (Å²) in [5.74, 6) is 0.108. The second-order valence-corrected chi connectivity index (χ2v) is 2.89. The number of aliphatic hydroxyl groups excluding tert-OH is 1. The molecule has 0 bridgehead atoms. The molecule has 0 aliphatic rings. The third-order valence-electron chi connectivity index (χ3n) is 2.01. The van der Waals surface area contributed by atoms with Gasteiger partial charge in [0, 0.05) is 23.9 Å². The molecular weight excluding hydrogens is 188 g/mol. The summed E-state index contributed by atoms with van der Waals surface area (Å²) in [7, 11) is 0. The van der Waals surface area contributed by atoms with Crippen molar-refractivity contribution in [2.75, 3.05) is 6.61 Å². The summed E-state index contributed by atoms with van der Waals surface area (Å²) in [5.41, 5.74) is 6.59. The highest BCUT2D eigenvalue weighted by atomic mass is 35.5. The van der Waals surface area contributed by atoms with Crippen molar-refractivity contribution in [3.63, 3.8) is 0 Å². The lowest BCUT2D eigenvalue weighted by atomic mass is 9.99.